The Hall–Kier alpha value is -3.28. The lowest BCUT2D eigenvalue weighted by Gasteiger charge is -2.11. The van der Waals surface area contributed by atoms with Gasteiger partial charge in [0, 0.05) is 23.4 Å². The van der Waals surface area contributed by atoms with E-state index in [1.54, 1.807) is 50.7 Å². The summed E-state index contributed by atoms with van der Waals surface area (Å²) in [4.78, 5) is 8.88. The first kappa shape index (κ1) is 16.6. The molecule has 6 nitrogen and oxygen atoms in total. The Morgan fingerprint density at radius 3 is 2.32 bits per heavy atom. The number of methoxy groups -OCH3 is 3. The van der Waals surface area contributed by atoms with E-state index in [0.29, 0.717) is 34.3 Å². The van der Waals surface area contributed by atoms with Crippen LogP contribution in [0.3, 0.4) is 0 Å². The molecule has 0 unspecified atom stereocenters. The van der Waals surface area contributed by atoms with Crippen LogP contribution in [0.15, 0.2) is 48.7 Å². The summed E-state index contributed by atoms with van der Waals surface area (Å²) in [5, 5.41) is 9.96. The highest BCUT2D eigenvalue weighted by Crippen LogP contribution is 2.34. The molecule has 128 valence electrons. The van der Waals surface area contributed by atoms with Crippen molar-refractivity contribution in [3.63, 3.8) is 0 Å². The maximum atomic E-state index is 9.96. The van der Waals surface area contributed by atoms with Crippen molar-refractivity contribution in [3.05, 3.63) is 48.7 Å². The molecule has 0 saturated carbocycles. The van der Waals surface area contributed by atoms with Crippen molar-refractivity contribution in [3.8, 4) is 45.6 Å². The molecule has 0 aliphatic carbocycles. The minimum Gasteiger partial charge on any atom is -0.504 e. The van der Waals surface area contributed by atoms with E-state index >= 15 is 0 Å². The molecule has 0 radical (unpaired) electrons. The van der Waals surface area contributed by atoms with Crippen LogP contribution in [0.25, 0.3) is 22.6 Å². The zero-order valence-corrected chi connectivity index (χ0v) is 14.2. The third-order valence-electron chi connectivity index (χ3n) is 3.78. The van der Waals surface area contributed by atoms with Gasteiger partial charge in [0.2, 0.25) is 0 Å². The topological polar surface area (TPSA) is 73.7 Å². The first-order valence-electron chi connectivity index (χ1n) is 7.59. The van der Waals surface area contributed by atoms with Crippen LogP contribution in [-0.2, 0) is 0 Å². The fraction of sp³-hybridized carbons (Fsp3) is 0.158. The maximum absolute atomic E-state index is 9.96. The fourth-order valence-electron chi connectivity index (χ4n) is 2.49. The molecule has 0 aliphatic heterocycles. The summed E-state index contributed by atoms with van der Waals surface area (Å²) in [6.45, 7) is 0. The van der Waals surface area contributed by atoms with Gasteiger partial charge >= 0.3 is 0 Å². The summed E-state index contributed by atoms with van der Waals surface area (Å²) >= 11 is 0. The van der Waals surface area contributed by atoms with Crippen LogP contribution in [0.1, 0.15) is 0 Å². The quantitative estimate of drug-likeness (QED) is 0.767. The van der Waals surface area contributed by atoms with Crippen molar-refractivity contribution in [2.75, 3.05) is 21.3 Å². The predicted octanol–water partition coefficient (Wildman–Crippen LogP) is 3.54. The zero-order chi connectivity index (χ0) is 17.8. The molecule has 2 aromatic carbocycles. The number of phenolic OH excluding ortho intramolecular Hbond substituents is 1. The first-order chi connectivity index (χ1) is 12.2. The van der Waals surface area contributed by atoms with Gasteiger partial charge in [0.1, 0.15) is 11.5 Å². The molecule has 0 aliphatic rings. The van der Waals surface area contributed by atoms with Crippen LogP contribution in [-0.4, -0.2) is 36.4 Å². The van der Waals surface area contributed by atoms with E-state index in [1.807, 2.05) is 12.1 Å². The van der Waals surface area contributed by atoms with E-state index < -0.39 is 0 Å². The second-order valence-corrected chi connectivity index (χ2v) is 5.22. The largest absolute Gasteiger partial charge is 0.504 e. The van der Waals surface area contributed by atoms with Gasteiger partial charge in [-0.15, -0.1) is 0 Å². The molecular weight excluding hydrogens is 320 g/mol. The number of benzene rings is 2. The molecule has 0 bridgehead atoms. The van der Waals surface area contributed by atoms with Crippen LogP contribution in [0.4, 0.5) is 0 Å². The van der Waals surface area contributed by atoms with Crippen molar-refractivity contribution in [2.24, 2.45) is 0 Å². The van der Waals surface area contributed by atoms with E-state index in [0.717, 1.165) is 5.56 Å². The second-order valence-electron chi connectivity index (χ2n) is 5.22. The Kier molecular flexibility index (Phi) is 4.70. The minimum atomic E-state index is 0.0380. The van der Waals surface area contributed by atoms with E-state index in [9.17, 15) is 5.11 Å². The molecule has 3 rings (SSSR count). The minimum absolute atomic E-state index is 0.0380. The van der Waals surface area contributed by atoms with Gasteiger partial charge in [-0.1, -0.05) is 0 Å². The van der Waals surface area contributed by atoms with Crippen LogP contribution < -0.4 is 14.2 Å². The molecule has 1 N–H and O–H groups in total. The number of phenols is 1. The predicted molar refractivity (Wildman–Crippen MR) is 94.2 cm³/mol. The third-order valence-corrected chi connectivity index (χ3v) is 3.78. The molecule has 25 heavy (non-hydrogen) atoms. The summed E-state index contributed by atoms with van der Waals surface area (Å²) in [6.07, 6.45) is 1.67. The van der Waals surface area contributed by atoms with E-state index in [-0.39, 0.29) is 5.75 Å². The Balaban J connectivity index is 2.04. The fourth-order valence-corrected chi connectivity index (χ4v) is 2.49. The number of ether oxygens (including phenoxy) is 3. The van der Waals surface area contributed by atoms with Crippen molar-refractivity contribution >= 4 is 0 Å². The maximum Gasteiger partial charge on any atom is 0.160 e. The molecule has 1 heterocycles. The van der Waals surface area contributed by atoms with Gasteiger partial charge < -0.3 is 19.3 Å². The number of hydrogen-bond donors (Lipinski definition) is 1. The lowest BCUT2D eigenvalue weighted by atomic mass is 10.1. The van der Waals surface area contributed by atoms with Gasteiger partial charge in [-0.25, -0.2) is 9.97 Å². The molecule has 3 aromatic rings. The van der Waals surface area contributed by atoms with E-state index in [1.165, 1.54) is 7.11 Å². The highest BCUT2D eigenvalue weighted by atomic mass is 16.5. The molecule has 6 heteroatoms. The van der Waals surface area contributed by atoms with Gasteiger partial charge in [-0.3, -0.25) is 0 Å². The molecular formula is C19H18N2O4. The molecule has 0 fully saturated rings. The number of aromatic hydroxyl groups is 1. The van der Waals surface area contributed by atoms with Crippen molar-refractivity contribution < 1.29 is 19.3 Å². The summed E-state index contributed by atoms with van der Waals surface area (Å²) in [5.41, 5.74) is 2.22. The highest BCUT2D eigenvalue weighted by Gasteiger charge is 2.12. The zero-order valence-electron chi connectivity index (χ0n) is 14.2. The number of rotatable bonds is 5. The van der Waals surface area contributed by atoms with Gasteiger partial charge in [-0.2, -0.15) is 0 Å². The Labute approximate surface area is 145 Å². The molecule has 1 aromatic heterocycles. The van der Waals surface area contributed by atoms with Gasteiger partial charge in [-0.05, 0) is 36.4 Å². The van der Waals surface area contributed by atoms with Crippen molar-refractivity contribution in [1.82, 2.24) is 9.97 Å². The van der Waals surface area contributed by atoms with Gasteiger partial charge in [0.15, 0.2) is 17.3 Å². The third kappa shape index (κ3) is 3.33. The van der Waals surface area contributed by atoms with Crippen molar-refractivity contribution in [1.29, 1.82) is 0 Å². The average molecular weight is 338 g/mol. The average Bonchev–Trinajstić information content (AvgIpc) is 2.67. The van der Waals surface area contributed by atoms with Crippen LogP contribution in [0, 0.1) is 0 Å². The van der Waals surface area contributed by atoms with Gasteiger partial charge in [0.05, 0.1) is 27.0 Å². The Bertz CT molecular complexity index is 896. The van der Waals surface area contributed by atoms with E-state index in [4.69, 9.17) is 14.2 Å². The SMILES string of the molecule is COc1ccc(-c2ccnc(-c3ccc(OC)c(O)c3)n2)c(OC)c1. The Morgan fingerprint density at radius 2 is 1.64 bits per heavy atom. The normalized spacial score (nSPS) is 10.4. The smallest absolute Gasteiger partial charge is 0.160 e. The number of nitrogens with zero attached hydrogens (tertiary/aromatic N) is 2. The first-order valence-corrected chi connectivity index (χ1v) is 7.59. The van der Waals surface area contributed by atoms with Crippen LogP contribution in [0.5, 0.6) is 23.0 Å². The Morgan fingerprint density at radius 1 is 0.840 bits per heavy atom. The van der Waals surface area contributed by atoms with Crippen molar-refractivity contribution in [2.45, 2.75) is 0 Å². The highest BCUT2D eigenvalue weighted by molar-refractivity contribution is 5.70. The van der Waals surface area contributed by atoms with Crippen LogP contribution in [0.2, 0.25) is 0 Å². The summed E-state index contributed by atoms with van der Waals surface area (Å²) in [7, 11) is 4.71. The summed E-state index contributed by atoms with van der Waals surface area (Å²) in [5.74, 6) is 2.29. The molecule has 0 atom stereocenters. The monoisotopic (exact) mass is 338 g/mol. The second kappa shape index (κ2) is 7.09. The molecule has 0 saturated heterocycles. The lowest BCUT2D eigenvalue weighted by molar-refractivity contribution is 0.373. The number of aromatic nitrogens is 2. The standard InChI is InChI=1S/C19H18N2O4/c1-23-13-5-6-14(18(11-13)25-3)15-8-9-20-19(21-15)12-4-7-17(24-2)16(22)10-12/h4-11,22H,1-3H3. The summed E-state index contributed by atoms with van der Waals surface area (Å²) < 4.78 is 15.7. The number of hydrogen-bond acceptors (Lipinski definition) is 6. The molecule has 0 amide bonds. The molecule has 0 spiro atoms. The summed E-state index contributed by atoms with van der Waals surface area (Å²) in [6, 6.07) is 12.4. The van der Waals surface area contributed by atoms with E-state index in [2.05, 4.69) is 9.97 Å². The lowest BCUT2D eigenvalue weighted by Crippen LogP contribution is -1.95. The van der Waals surface area contributed by atoms with Gasteiger partial charge in [0.25, 0.3) is 0 Å². The van der Waals surface area contributed by atoms with Crippen LogP contribution >= 0.6 is 0 Å².